The number of hydrogen-bond acceptors (Lipinski definition) is 4. The summed E-state index contributed by atoms with van der Waals surface area (Å²) in [5.74, 6) is 1.33. The number of hydrogen-bond donors (Lipinski definition) is 1. The van der Waals surface area contributed by atoms with Crippen LogP contribution >= 0.6 is 0 Å². The summed E-state index contributed by atoms with van der Waals surface area (Å²) < 4.78 is 5.88. The van der Waals surface area contributed by atoms with Crippen molar-refractivity contribution in [1.29, 1.82) is 0 Å². The fraction of sp³-hybridized carbons (Fsp3) is 0.125. The zero-order chi connectivity index (χ0) is 13.9. The highest BCUT2D eigenvalue weighted by Crippen LogP contribution is 2.29. The van der Waals surface area contributed by atoms with Gasteiger partial charge in [-0.25, -0.2) is 0 Å². The molecule has 1 N–H and O–H groups in total. The fourth-order valence-corrected chi connectivity index (χ4v) is 2.00. The second kappa shape index (κ2) is 5.27. The van der Waals surface area contributed by atoms with Crippen LogP contribution in [0.1, 0.15) is 11.4 Å². The number of aromatic nitrogens is 2. The Labute approximate surface area is 116 Å². The molecule has 0 spiro atoms. The molecule has 2 heterocycles. The first-order valence-corrected chi connectivity index (χ1v) is 6.36. The van der Waals surface area contributed by atoms with Gasteiger partial charge in [0.05, 0.1) is 24.0 Å². The number of ether oxygens (including phenoxy) is 1. The number of benzene rings is 1. The monoisotopic (exact) mass is 266 g/mol. The topological polar surface area (TPSA) is 55.2 Å². The molecule has 0 saturated carbocycles. The van der Waals surface area contributed by atoms with Crippen molar-refractivity contribution < 1.29 is 9.84 Å². The molecule has 20 heavy (non-hydrogen) atoms. The van der Waals surface area contributed by atoms with Crippen LogP contribution in [0.5, 0.6) is 11.5 Å². The number of nitrogens with zero attached hydrogens (tertiary/aromatic N) is 2. The third-order valence-electron chi connectivity index (χ3n) is 3.01. The molecule has 4 heteroatoms. The van der Waals surface area contributed by atoms with Crippen molar-refractivity contribution in [2.24, 2.45) is 0 Å². The number of pyridine rings is 2. The van der Waals surface area contributed by atoms with Gasteiger partial charge in [-0.05, 0) is 31.2 Å². The van der Waals surface area contributed by atoms with Crippen molar-refractivity contribution in [1.82, 2.24) is 9.97 Å². The van der Waals surface area contributed by atoms with E-state index in [1.54, 1.807) is 12.3 Å². The molecule has 0 atom stereocenters. The minimum atomic E-state index is -0.118. The van der Waals surface area contributed by atoms with Crippen LogP contribution in [-0.4, -0.2) is 15.1 Å². The summed E-state index contributed by atoms with van der Waals surface area (Å²) in [6, 6.07) is 13.2. The van der Waals surface area contributed by atoms with Crippen LogP contribution in [0.4, 0.5) is 0 Å². The third-order valence-corrected chi connectivity index (χ3v) is 3.01. The predicted octanol–water partition coefficient (Wildman–Crippen LogP) is 3.22. The lowest BCUT2D eigenvalue weighted by molar-refractivity contribution is 0.276. The summed E-state index contributed by atoms with van der Waals surface area (Å²) in [5, 5.41) is 10.2. The first-order valence-electron chi connectivity index (χ1n) is 6.36. The van der Waals surface area contributed by atoms with Gasteiger partial charge in [-0.3, -0.25) is 9.97 Å². The second-order valence-electron chi connectivity index (χ2n) is 4.52. The van der Waals surface area contributed by atoms with Crippen molar-refractivity contribution in [3.8, 4) is 11.5 Å². The molecule has 0 bridgehead atoms. The van der Waals surface area contributed by atoms with E-state index in [0.29, 0.717) is 17.2 Å². The lowest BCUT2D eigenvalue weighted by Gasteiger charge is -2.10. The van der Waals surface area contributed by atoms with E-state index in [1.807, 2.05) is 43.3 Å². The van der Waals surface area contributed by atoms with Gasteiger partial charge in [0.1, 0.15) is 11.5 Å². The summed E-state index contributed by atoms with van der Waals surface area (Å²) in [5.41, 5.74) is 2.32. The molecular formula is C16H14N2O2. The number of aryl methyl sites for hydroxylation is 1. The van der Waals surface area contributed by atoms with Crippen LogP contribution in [0, 0.1) is 6.92 Å². The summed E-state index contributed by atoms with van der Waals surface area (Å²) in [4.78, 5) is 8.57. The summed E-state index contributed by atoms with van der Waals surface area (Å²) in [6.07, 6.45) is 1.68. The maximum absolute atomic E-state index is 9.29. The van der Waals surface area contributed by atoms with Crippen LogP contribution in [0.2, 0.25) is 0 Å². The van der Waals surface area contributed by atoms with Gasteiger partial charge >= 0.3 is 0 Å². The number of aliphatic hydroxyl groups is 1. The molecule has 3 aromatic rings. The van der Waals surface area contributed by atoms with Crippen molar-refractivity contribution in [2.75, 3.05) is 0 Å². The molecule has 100 valence electrons. The molecule has 1 aromatic carbocycles. The fourth-order valence-electron chi connectivity index (χ4n) is 2.00. The van der Waals surface area contributed by atoms with Crippen LogP contribution in [0.25, 0.3) is 10.9 Å². The van der Waals surface area contributed by atoms with Crippen LogP contribution in [0.3, 0.4) is 0 Å². The largest absolute Gasteiger partial charge is 0.455 e. The molecular weight excluding hydrogens is 252 g/mol. The Bertz CT molecular complexity index is 739. The number of aliphatic hydroxyl groups excluding tert-OH is 1. The minimum Gasteiger partial charge on any atom is -0.455 e. The second-order valence-corrected chi connectivity index (χ2v) is 4.52. The predicted molar refractivity (Wildman–Crippen MR) is 76.7 cm³/mol. The zero-order valence-electron chi connectivity index (χ0n) is 11.1. The Balaban J connectivity index is 2.07. The van der Waals surface area contributed by atoms with Gasteiger partial charge in [0.15, 0.2) is 0 Å². The third kappa shape index (κ3) is 2.46. The van der Waals surface area contributed by atoms with E-state index in [-0.39, 0.29) is 6.61 Å². The normalized spacial score (nSPS) is 10.7. The van der Waals surface area contributed by atoms with E-state index in [2.05, 4.69) is 9.97 Å². The van der Waals surface area contributed by atoms with Crippen LogP contribution in [0.15, 0.2) is 48.7 Å². The van der Waals surface area contributed by atoms with Crippen molar-refractivity contribution in [3.05, 3.63) is 60.0 Å². The van der Waals surface area contributed by atoms with Crippen molar-refractivity contribution in [2.45, 2.75) is 13.5 Å². The lowest BCUT2D eigenvalue weighted by atomic mass is 10.2. The highest BCUT2D eigenvalue weighted by molar-refractivity contribution is 5.85. The van der Waals surface area contributed by atoms with Gasteiger partial charge in [0.2, 0.25) is 0 Å². The molecule has 0 saturated heterocycles. The summed E-state index contributed by atoms with van der Waals surface area (Å²) in [6.45, 7) is 1.81. The van der Waals surface area contributed by atoms with E-state index in [0.717, 1.165) is 16.6 Å². The molecule has 0 aliphatic rings. The van der Waals surface area contributed by atoms with E-state index in [4.69, 9.17) is 4.74 Å². The maximum Gasteiger partial charge on any atom is 0.145 e. The molecule has 2 aromatic heterocycles. The Kier molecular flexibility index (Phi) is 3.31. The van der Waals surface area contributed by atoms with E-state index in [1.165, 1.54) is 0 Å². The molecule has 0 radical (unpaired) electrons. The minimum absolute atomic E-state index is 0.118. The first kappa shape index (κ1) is 12.6. The lowest BCUT2D eigenvalue weighted by Crippen LogP contribution is -1.94. The van der Waals surface area contributed by atoms with E-state index >= 15 is 0 Å². The Morgan fingerprint density at radius 3 is 2.75 bits per heavy atom. The van der Waals surface area contributed by atoms with Crippen LogP contribution in [-0.2, 0) is 6.61 Å². The van der Waals surface area contributed by atoms with Gasteiger partial charge in [0, 0.05) is 17.1 Å². The molecule has 0 amide bonds. The molecule has 0 unspecified atom stereocenters. The molecule has 3 rings (SSSR count). The highest BCUT2D eigenvalue weighted by atomic mass is 16.5. The number of rotatable bonds is 3. The van der Waals surface area contributed by atoms with Gasteiger partial charge in [-0.15, -0.1) is 0 Å². The zero-order valence-corrected chi connectivity index (χ0v) is 11.1. The van der Waals surface area contributed by atoms with Crippen molar-refractivity contribution in [3.63, 3.8) is 0 Å². The van der Waals surface area contributed by atoms with Crippen molar-refractivity contribution >= 4 is 10.9 Å². The van der Waals surface area contributed by atoms with Gasteiger partial charge in [0.25, 0.3) is 0 Å². The Hall–Kier alpha value is -2.46. The number of fused-ring (bicyclic) bond motifs is 1. The molecule has 0 aliphatic carbocycles. The number of para-hydroxylation sites is 1. The molecule has 4 nitrogen and oxygen atoms in total. The van der Waals surface area contributed by atoms with E-state index < -0.39 is 0 Å². The average molecular weight is 266 g/mol. The SMILES string of the molecule is Cc1ccc(Oc2cc(CO)nc3ccccc23)cn1. The maximum atomic E-state index is 9.29. The average Bonchev–Trinajstić information content (AvgIpc) is 2.49. The van der Waals surface area contributed by atoms with Gasteiger partial charge in [-0.2, -0.15) is 0 Å². The van der Waals surface area contributed by atoms with Crippen LogP contribution < -0.4 is 4.74 Å². The Morgan fingerprint density at radius 2 is 2.00 bits per heavy atom. The molecule has 0 fully saturated rings. The Morgan fingerprint density at radius 1 is 1.15 bits per heavy atom. The summed E-state index contributed by atoms with van der Waals surface area (Å²) >= 11 is 0. The first-order chi connectivity index (χ1) is 9.76. The van der Waals surface area contributed by atoms with E-state index in [9.17, 15) is 5.11 Å². The smallest absolute Gasteiger partial charge is 0.145 e. The summed E-state index contributed by atoms with van der Waals surface area (Å²) in [7, 11) is 0. The highest BCUT2D eigenvalue weighted by Gasteiger charge is 2.07. The van der Waals surface area contributed by atoms with Gasteiger partial charge in [-0.1, -0.05) is 12.1 Å². The molecule has 0 aliphatic heterocycles. The van der Waals surface area contributed by atoms with Gasteiger partial charge < -0.3 is 9.84 Å². The standard InChI is InChI=1S/C16H14N2O2/c1-11-6-7-13(9-17-11)20-16-8-12(10-19)18-15-5-3-2-4-14(15)16/h2-9,19H,10H2,1H3. The quantitative estimate of drug-likeness (QED) is 0.790.